The fourth-order valence-electron chi connectivity index (χ4n) is 2.87. The molecule has 0 N–H and O–H groups in total. The van der Waals surface area contributed by atoms with Crippen molar-refractivity contribution in [2.45, 2.75) is 42.8 Å². The number of benzene rings is 2. The molecule has 7 nitrogen and oxygen atoms in total. The van der Waals surface area contributed by atoms with Crippen molar-refractivity contribution in [2.24, 2.45) is 0 Å². The number of amides is 1. The van der Waals surface area contributed by atoms with Crippen LogP contribution in [0.1, 0.15) is 26.5 Å². The van der Waals surface area contributed by atoms with Crippen LogP contribution in [0, 0.1) is 11.6 Å². The Labute approximate surface area is 185 Å². The molecule has 32 heavy (non-hydrogen) atoms. The van der Waals surface area contributed by atoms with Crippen LogP contribution in [-0.2, 0) is 21.1 Å². The minimum absolute atomic E-state index is 0.0370. The van der Waals surface area contributed by atoms with Crippen LogP contribution in [0.25, 0.3) is 5.69 Å². The van der Waals surface area contributed by atoms with E-state index in [2.05, 4.69) is 5.10 Å². The van der Waals surface area contributed by atoms with Crippen molar-refractivity contribution >= 4 is 15.9 Å². The van der Waals surface area contributed by atoms with Gasteiger partial charge < -0.3 is 9.64 Å². The standard InChI is InChI=1S/C22H23F2N3O4S/c1-22(2,3)31-21(28)26(4)14-16-13-20(32(29,30)17-8-6-5-7-9-17)27(25-16)19-12-15(23)10-11-18(19)24/h5-13H,14H2,1-4H3. The monoisotopic (exact) mass is 463 g/mol. The number of sulfone groups is 1. The Morgan fingerprint density at radius 1 is 1.09 bits per heavy atom. The number of hydrogen-bond acceptors (Lipinski definition) is 5. The molecule has 0 unspecified atom stereocenters. The fraction of sp³-hybridized carbons (Fsp3) is 0.273. The third-order valence-electron chi connectivity index (χ3n) is 4.30. The lowest BCUT2D eigenvalue weighted by Crippen LogP contribution is -2.33. The predicted octanol–water partition coefficient (Wildman–Crippen LogP) is 4.35. The summed E-state index contributed by atoms with van der Waals surface area (Å²) in [6, 6.07) is 11.4. The second-order valence-electron chi connectivity index (χ2n) is 8.13. The van der Waals surface area contributed by atoms with Gasteiger partial charge in [0, 0.05) is 19.2 Å². The number of carbonyl (C=O) groups is 1. The van der Waals surface area contributed by atoms with E-state index >= 15 is 0 Å². The largest absolute Gasteiger partial charge is 0.444 e. The molecule has 1 aromatic heterocycles. The highest BCUT2D eigenvalue weighted by Gasteiger charge is 2.27. The SMILES string of the molecule is CN(Cc1cc(S(=O)(=O)c2ccccc2)n(-c2cc(F)ccc2F)n1)C(=O)OC(C)(C)C. The number of rotatable bonds is 5. The molecular weight excluding hydrogens is 440 g/mol. The molecule has 2 aromatic carbocycles. The van der Waals surface area contributed by atoms with E-state index in [4.69, 9.17) is 4.74 Å². The van der Waals surface area contributed by atoms with Gasteiger partial charge in [-0.15, -0.1) is 0 Å². The van der Waals surface area contributed by atoms with E-state index in [1.807, 2.05) is 0 Å². The van der Waals surface area contributed by atoms with Gasteiger partial charge >= 0.3 is 6.09 Å². The number of ether oxygens (including phenoxy) is 1. The van der Waals surface area contributed by atoms with Gasteiger partial charge in [0.15, 0.2) is 5.03 Å². The molecule has 170 valence electrons. The molecule has 1 heterocycles. The molecule has 0 radical (unpaired) electrons. The Morgan fingerprint density at radius 2 is 1.75 bits per heavy atom. The molecule has 0 aliphatic rings. The molecule has 0 atom stereocenters. The first kappa shape index (κ1) is 23.4. The summed E-state index contributed by atoms with van der Waals surface area (Å²) in [5.41, 5.74) is -0.945. The van der Waals surface area contributed by atoms with E-state index in [1.54, 1.807) is 39.0 Å². The van der Waals surface area contributed by atoms with Gasteiger partial charge in [-0.2, -0.15) is 5.10 Å². The smallest absolute Gasteiger partial charge is 0.410 e. The summed E-state index contributed by atoms with van der Waals surface area (Å²) >= 11 is 0. The topological polar surface area (TPSA) is 81.5 Å². The summed E-state index contributed by atoms with van der Waals surface area (Å²) in [5.74, 6) is -1.61. The maximum atomic E-state index is 14.5. The van der Waals surface area contributed by atoms with Crippen molar-refractivity contribution < 1.29 is 26.7 Å². The molecule has 10 heteroatoms. The van der Waals surface area contributed by atoms with Crippen LogP contribution in [0.5, 0.6) is 0 Å². The van der Waals surface area contributed by atoms with Gasteiger partial charge in [0.05, 0.1) is 17.1 Å². The molecule has 0 saturated carbocycles. The lowest BCUT2D eigenvalue weighted by molar-refractivity contribution is 0.0283. The van der Waals surface area contributed by atoms with Crippen molar-refractivity contribution in [3.8, 4) is 5.69 Å². The Hall–Kier alpha value is -3.27. The van der Waals surface area contributed by atoms with E-state index in [9.17, 15) is 22.0 Å². The lowest BCUT2D eigenvalue weighted by Gasteiger charge is -2.24. The van der Waals surface area contributed by atoms with Crippen LogP contribution in [0.15, 0.2) is 64.5 Å². The van der Waals surface area contributed by atoms with Gasteiger partial charge in [-0.25, -0.2) is 26.7 Å². The summed E-state index contributed by atoms with van der Waals surface area (Å²) in [6.45, 7) is 5.02. The van der Waals surface area contributed by atoms with E-state index < -0.39 is 33.2 Å². The Bertz CT molecular complexity index is 1240. The summed E-state index contributed by atoms with van der Waals surface area (Å²) in [5, 5.41) is 3.81. The van der Waals surface area contributed by atoms with Crippen LogP contribution in [0.4, 0.5) is 13.6 Å². The van der Waals surface area contributed by atoms with Crippen molar-refractivity contribution in [2.75, 3.05) is 7.05 Å². The Kier molecular flexibility index (Phi) is 6.36. The van der Waals surface area contributed by atoms with E-state index in [0.29, 0.717) is 0 Å². The predicted molar refractivity (Wildman–Crippen MR) is 113 cm³/mol. The normalized spacial score (nSPS) is 11.9. The fourth-order valence-corrected chi connectivity index (χ4v) is 4.28. The lowest BCUT2D eigenvalue weighted by atomic mass is 10.2. The molecule has 0 fully saturated rings. The van der Waals surface area contributed by atoms with Gasteiger partial charge in [-0.1, -0.05) is 18.2 Å². The third-order valence-corrected chi connectivity index (χ3v) is 6.03. The zero-order valence-electron chi connectivity index (χ0n) is 18.0. The minimum Gasteiger partial charge on any atom is -0.444 e. The maximum absolute atomic E-state index is 14.5. The van der Waals surface area contributed by atoms with Crippen molar-refractivity contribution in [3.05, 3.63) is 71.9 Å². The number of carbonyl (C=O) groups excluding carboxylic acids is 1. The number of nitrogens with zero attached hydrogens (tertiary/aromatic N) is 3. The quantitative estimate of drug-likeness (QED) is 0.562. The first-order chi connectivity index (χ1) is 14.9. The first-order valence-corrected chi connectivity index (χ1v) is 11.2. The Balaban J connectivity index is 2.09. The van der Waals surface area contributed by atoms with Gasteiger partial charge in [0.2, 0.25) is 9.84 Å². The first-order valence-electron chi connectivity index (χ1n) is 9.67. The van der Waals surface area contributed by atoms with Gasteiger partial charge in [0.25, 0.3) is 0 Å². The van der Waals surface area contributed by atoms with Gasteiger partial charge in [-0.05, 0) is 45.0 Å². The van der Waals surface area contributed by atoms with Crippen molar-refractivity contribution in [1.29, 1.82) is 0 Å². The highest BCUT2D eigenvalue weighted by molar-refractivity contribution is 7.91. The van der Waals surface area contributed by atoms with Crippen LogP contribution in [0.3, 0.4) is 0 Å². The average Bonchev–Trinajstić information content (AvgIpc) is 3.13. The molecule has 3 rings (SSSR count). The zero-order valence-corrected chi connectivity index (χ0v) is 18.9. The average molecular weight is 464 g/mol. The van der Waals surface area contributed by atoms with E-state index in [0.717, 1.165) is 22.9 Å². The number of hydrogen-bond donors (Lipinski definition) is 0. The van der Waals surface area contributed by atoms with Crippen LogP contribution in [-0.4, -0.2) is 41.8 Å². The third kappa shape index (κ3) is 5.13. The van der Waals surface area contributed by atoms with E-state index in [-0.39, 0.29) is 27.8 Å². The van der Waals surface area contributed by atoms with E-state index in [1.165, 1.54) is 30.1 Å². The maximum Gasteiger partial charge on any atom is 0.410 e. The molecule has 0 saturated heterocycles. The van der Waals surface area contributed by atoms with Crippen molar-refractivity contribution in [3.63, 3.8) is 0 Å². The highest BCUT2D eigenvalue weighted by atomic mass is 32.2. The van der Waals surface area contributed by atoms with Crippen LogP contribution >= 0.6 is 0 Å². The summed E-state index contributed by atoms with van der Waals surface area (Å²) in [6.07, 6.45) is -0.642. The van der Waals surface area contributed by atoms with Gasteiger partial charge in [0.1, 0.15) is 22.9 Å². The summed E-state index contributed by atoms with van der Waals surface area (Å²) in [7, 11) is -2.68. The zero-order chi connectivity index (χ0) is 23.7. The second kappa shape index (κ2) is 8.70. The molecule has 1 amide bonds. The highest BCUT2D eigenvalue weighted by Crippen LogP contribution is 2.26. The van der Waals surface area contributed by atoms with Crippen molar-refractivity contribution in [1.82, 2.24) is 14.7 Å². The number of aromatic nitrogens is 2. The molecule has 0 aliphatic heterocycles. The summed E-state index contributed by atoms with van der Waals surface area (Å²) < 4.78 is 61.0. The molecule has 0 spiro atoms. The Morgan fingerprint density at radius 3 is 2.38 bits per heavy atom. The minimum atomic E-state index is -4.13. The number of halogens is 2. The molecule has 0 aliphatic carbocycles. The molecule has 0 bridgehead atoms. The van der Waals surface area contributed by atoms with Crippen LogP contribution in [0.2, 0.25) is 0 Å². The molecule has 3 aromatic rings. The summed E-state index contributed by atoms with van der Waals surface area (Å²) in [4.78, 5) is 13.5. The van der Waals surface area contributed by atoms with Crippen LogP contribution < -0.4 is 0 Å². The van der Waals surface area contributed by atoms with Gasteiger partial charge in [-0.3, -0.25) is 0 Å². The second-order valence-corrected chi connectivity index (χ2v) is 10.0. The molecular formula is C22H23F2N3O4S.